The monoisotopic (exact) mass is 315 g/mol. The molecule has 1 saturated carbocycles. The minimum Gasteiger partial charge on any atom is -0.377 e. The molecule has 0 radical (unpaired) electrons. The van der Waals surface area contributed by atoms with Gasteiger partial charge in [0.1, 0.15) is 0 Å². The van der Waals surface area contributed by atoms with Gasteiger partial charge in [-0.2, -0.15) is 0 Å². The molecule has 3 fully saturated rings. The van der Waals surface area contributed by atoms with Gasteiger partial charge in [0.05, 0.1) is 6.10 Å². The summed E-state index contributed by atoms with van der Waals surface area (Å²) in [6.07, 6.45) is 9.28. The van der Waals surface area contributed by atoms with Crippen LogP contribution in [0.3, 0.4) is 0 Å². The maximum absolute atomic E-state index is 6.03. The van der Waals surface area contributed by atoms with Crippen LogP contribution < -0.4 is 10.2 Å². The highest BCUT2D eigenvalue weighted by molar-refractivity contribution is 5.44. The van der Waals surface area contributed by atoms with Crippen LogP contribution in [0.2, 0.25) is 0 Å². The van der Waals surface area contributed by atoms with E-state index in [0.29, 0.717) is 18.2 Å². The van der Waals surface area contributed by atoms with Gasteiger partial charge < -0.3 is 15.0 Å². The van der Waals surface area contributed by atoms with Gasteiger partial charge >= 0.3 is 0 Å². The molecule has 126 valence electrons. The molecule has 1 aromatic rings. The molecule has 0 spiro atoms. The predicted octanol–water partition coefficient (Wildman–Crippen LogP) is 2.84. The van der Waals surface area contributed by atoms with Crippen molar-refractivity contribution < 1.29 is 4.74 Å². The Morgan fingerprint density at radius 1 is 1.17 bits per heavy atom. The zero-order chi connectivity index (χ0) is 15.9. The Bertz CT molecular complexity index is 525. The molecule has 3 unspecified atom stereocenters. The SMILES string of the molecule is CC1(C)C(NC2CCN(c3ccncc3)CC2)C2CCCOC21. The number of fused-ring (bicyclic) bond motifs is 1. The summed E-state index contributed by atoms with van der Waals surface area (Å²) >= 11 is 0. The van der Waals surface area contributed by atoms with Crippen LogP contribution in [0.1, 0.15) is 39.5 Å². The molecular weight excluding hydrogens is 286 g/mol. The topological polar surface area (TPSA) is 37.4 Å². The maximum Gasteiger partial charge on any atom is 0.0684 e. The third-order valence-electron chi connectivity index (χ3n) is 6.27. The first-order valence-electron chi connectivity index (χ1n) is 9.19. The first kappa shape index (κ1) is 15.4. The number of nitrogens with one attached hydrogen (secondary N) is 1. The average Bonchev–Trinajstić information content (AvgIpc) is 2.61. The number of rotatable bonds is 3. The minimum absolute atomic E-state index is 0.285. The third-order valence-corrected chi connectivity index (χ3v) is 6.27. The molecule has 2 aliphatic heterocycles. The van der Waals surface area contributed by atoms with Gasteiger partial charge in [-0.15, -0.1) is 0 Å². The number of hydrogen-bond donors (Lipinski definition) is 1. The molecular formula is C19H29N3O. The zero-order valence-corrected chi connectivity index (χ0v) is 14.4. The van der Waals surface area contributed by atoms with Gasteiger partial charge in [0.15, 0.2) is 0 Å². The summed E-state index contributed by atoms with van der Waals surface area (Å²) in [7, 11) is 0. The van der Waals surface area contributed by atoms with Gasteiger partial charge in [0.25, 0.3) is 0 Å². The van der Waals surface area contributed by atoms with Gasteiger partial charge in [-0.25, -0.2) is 0 Å². The second-order valence-electron chi connectivity index (χ2n) is 8.03. The van der Waals surface area contributed by atoms with Gasteiger partial charge in [0, 0.05) is 61.2 Å². The van der Waals surface area contributed by atoms with Crippen molar-refractivity contribution in [1.29, 1.82) is 0 Å². The average molecular weight is 315 g/mol. The van der Waals surface area contributed by atoms with Crippen molar-refractivity contribution in [3.63, 3.8) is 0 Å². The Labute approximate surface area is 139 Å². The van der Waals surface area contributed by atoms with E-state index in [1.807, 2.05) is 12.4 Å². The molecule has 4 rings (SSSR count). The molecule has 3 atom stereocenters. The summed E-state index contributed by atoms with van der Waals surface area (Å²) in [4.78, 5) is 6.60. The van der Waals surface area contributed by atoms with Crippen LogP contribution in [0.4, 0.5) is 5.69 Å². The predicted molar refractivity (Wildman–Crippen MR) is 92.6 cm³/mol. The standard InChI is InChI=1S/C19H29N3O/c1-19(2)17(16-4-3-13-23-18(16)19)21-14-7-11-22(12-8-14)15-5-9-20-10-6-15/h5-6,9-10,14,16-18,21H,3-4,7-8,11-13H2,1-2H3. The summed E-state index contributed by atoms with van der Waals surface area (Å²) in [5.74, 6) is 0.733. The van der Waals surface area contributed by atoms with Gasteiger partial charge in [-0.1, -0.05) is 13.8 Å². The van der Waals surface area contributed by atoms with E-state index in [1.54, 1.807) is 0 Å². The third kappa shape index (κ3) is 2.76. The van der Waals surface area contributed by atoms with E-state index in [0.717, 1.165) is 25.6 Å². The number of hydrogen-bond acceptors (Lipinski definition) is 4. The molecule has 3 aliphatic rings. The van der Waals surface area contributed by atoms with Crippen LogP contribution in [-0.4, -0.2) is 42.9 Å². The second kappa shape index (κ2) is 6.06. The summed E-state index contributed by atoms with van der Waals surface area (Å²) in [5, 5.41) is 4.00. The number of ether oxygens (including phenoxy) is 1. The summed E-state index contributed by atoms with van der Waals surface area (Å²) in [5.41, 5.74) is 1.59. The van der Waals surface area contributed by atoms with Crippen LogP contribution in [-0.2, 0) is 4.74 Å². The Hall–Kier alpha value is -1.13. The summed E-state index contributed by atoms with van der Waals surface area (Å²) < 4.78 is 6.03. The van der Waals surface area contributed by atoms with Crippen molar-refractivity contribution in [3.05, 3.63) is 24.5 Å². The first-order chi connectivity index (χ1) is 11.2. The molecule has 0 amide bonds. The van der Waals surface area contributed by atoms with Gasteiger partial charge in [-0.3, -0.25) is 4.98 Å². The number of anilines is 1. The smallest absolute Gasteiger partial charge is 0.0684 e. The normalized spacial score (nSPS) is 33.8. The van der Waals surface area contributed by atoms with Gasteiger partial charge in [-0.05, 0) is 37.8 Å². The number of nitrogens with zero attached hydrogens (tertiary/aromatic N) is 2. The van der Waals surface area contributed by atoms with Crippen molar-refractivity contribution in [3.8, 4) is 0 Å². The summed E-state index contributed by atoms with van der Waals surface area (Å²) in [6.45, 7) is 7.99. The van der Waals surface area contributed by atoms with Crippen LogP contribution in [0.5, 0.6) is 0 Å². The van der Waals surface area contributed by atoms with Gasteiger partial charge in [0.2, 0.25) is 0 Å². The molecule has 3 heterocycles. The summed E-state index contributed by atoms with van der Waals surface area (Å²) in [6, 6.07) is 5.52. The molecule has 23 heavy (non-hydrogen) atoms. The Balaban J connectivity index is 1.33. The van der Waals surface area contributed by atoms with E-state index in [-0.39, 0.29) is 5.41 Å². The van der Waals surface area contributed by atoms with Crippen molar-refractivity contribution in [1.82, 2.24) is 10.3 Å². The van der Waals surface area contributed by atoms with Crippen LogP contribution >= 0.6 is 0 Å². The highest BCUT2D eigenvalue weighted by atomic mass is 16.5. The number of piperidine rings is 1. The Kier molecular flexibility index (Phi) is 4.06. The molecule has 2 saturated heterocycles. The van der Waals surface area contributed by atoms with E-state index in [1.165, 1.54) is 31.4 Å². The molecule has 4 heteroatoms. The lowest BCUT2D eigenvalue weighted by Crippen LogP contribution is -2.71. The first-order valence-corrected chi connectivity index (χ1v) is 9.19. The van der Waals surface area contributed by atoms with E-state index < -0.39 is 0 Å². The van der Waals surface area contributed by atoms with E-state index in [9.17, 15) is 0 Å². The molecule has 4 nitrogen and oxygen atoms in total. The molecule has 0 aromatic carbocycles. The number of aromatic nitrogens is 1. The van der Waals surface area contributed by atoms with E-state index in [4.69, 9.17) is 4.74 Å². The molecule has 1 aliphatic carbocycles. The lowest BCUT2D eigenvalue weighted by atomic mass is 9.55. The van der Waals surface area contributed by atoms with Crippen molar-refractivity contribution in [2.24, 2.45) is 11.3 Å². The quantitative estimate of drug-likeness (QED) is 0.931. The van der Waals surface area contributed by atoms with Crippen molar-refractivity contribution >= 4 is 5.69 Å². The number of pyridine rings is 1. The second-order valence-corrected chi connectivity index (χ2v) is 8.03. The molecule has 1 aromatic heterocycles. The largest absolute Gasteiger partial charge is 0.377 e. The molecule has 1 N–H and O–H groups in total. The fourth-order valence-corrected chi connectivity index (χ4v) is 4.97. The Morgan fingerprint density at radius 3 is 2.65 bits per heavy atom. The van der Waals surface area contributed by atoms with Crippen LogP contribution in [0.15, 0.2) is 24.5 Å². The Morgan fingerprint density at radius 2 is 1.91 bits per heavy atom. The minimum atomic E-state index is 0.285. The molecule has 0 bridgehead atoms. The maximum atomic E-state index is 6.03. The lowest BCUT2D eigenvalue weighted by molar-refractivity contribution is -0.194. The fourth-order valence-electron chi connectivity index (χ4n) is 4.97. The highest BCUT2D eigenvalue weighted by Crippen LogP contribution is 2.51. The van der Waals surface area contributed by atoms with Crippen LogP contribution in [0, 0.1) is 11.3 Å². The van der Waals surface area contributed by atoms with Crippen molar-refractivity contribution in [2.45, 2.75) is 57.7 Å². The lowest BCUT2D eigenvalue weighted by Gasteiger charge is -2.61. The zero-order valence-electron chi connectivity index (χ0n) is 14.4. The van der Waals surface area contributed by atoms with Crippen molar-refractivity contribution in [2.75, 3.05) is 24.6 Å². The van der Waals surface area contributed by atoms with Crippen LogP contribution in [0.25, 0.3) is 0 Å². The highest BCUT2D eigenvalue weighted by Gasteiger charge is 2.58. The fraction of sp³-hybridized carbons (Fsp3) is 0.737. The van der Waals surface area contributed by atoms with E-state index >= 15 is 0 Å². The van der Waals surface area contributed by atoms with E-state index in [2.05, 4.69) is 41.2 Å².